The average molecular weight is 180 g/mol. The van der Waals surface area contributed by atoms with Crippen molar-refractivity contribution in [3.63, 3.8) is 0 Å². The second kappa shape index (κ2) is 3.94. The number of hydrogen-bond donors (Lipinski definition) is 2. The summed E-state index contributed by atoms with van der Waals surface area (Å²) in [5.41, 5.74) is 1.90. The molecule has 0 aliphatic carbocycles. The predicted octanol–water partition coefficient (Wildman–Crippen LogP) is 1.72. The van der Waals surface area contributed by atoms with Crippen LogP contribution in [0, 0.1) is 6.92 Å². The summed E-state index contributed by atoms with van der Waals surface area (Å²) in [6, 6.07) is 4.99. The molecule has 1 rings (SSSR count). The number of phenols is 1. The Morgan fingerprint density at radius 1 is 1.46 bits per heavy atom. The van der Waals surface area contributed by atoms with E-state index in [9.17, 15) is 4.79 Å². The Balaban J connectivity index is 2.75. The largest absolute Gasteiger partial charge is 0.508 e. The lowest BCUT2D eigenvalue weighted by atomic mass is 10.0. The van der Waals surface area contributed by atoms with Gasteiger partial charge in [-0.15, -0.1) is 0 Å². The van der Waals surface area contributed by atoms with Crippen molar-refractivity contribution in [2.75, 3.05) is 0 Å². The maximum absolute atomic E-state index is 10.3. The van der Waals surface area contributed by atoms with E-state index in [2.05, 4.69) is 0 Å². The summed E-state index contributed by atoms with van der Waals surface area (Å²) in [5, 5.41) is 17.6. The van der Waals surface area contributed by atoms with Crippen LogP contribution in [0.5, 0.6) is 5.75 Å². The minimum atomic E-state index is -0.817. The SMILES string of the molecule is Cc1ccc(O)cc1CCC(=O)O. The molecule has 0 amide bonds. The molecule has 3 nitrogen and oxygen atoms in total. The molecule has 0 aliphatic rings. The van der Waals surface area contributed by atoms with Crippen LogP contribution in [-0.2, 0) is 11.2 Å². The predicted molar refractivity (Wildman–Crippen MR) is 48.8 cm³/mol. The van der Waals surface area contributed by atoms with Crippen LogP contribution in [0.1, 0.15) is 17.5 Å². The number of carbonyl (C=O) groups is 1. The molecule has 0 radical (unpaired) electrons. The Morgan fingerprint density at radius 3 is 2.77 bits per heavy atom. The van der Waals surface area contributed by atoms with Gasteiger partial charge in [0, 0.05) is 6.42 Å². The lowest BCUT2D eigenvalue weighted by Crippen LogP contribution is -1.98. The lowest BCUT2D eigenvalue weighted by Gasteiger charge is -2.03. The van der Waals surface area contributed by atoms with Crippen molar-refractivity contribution in [1.29, 1.82) is 0 Å². The van der Waals surface area contributed by atoms with E-state index in [4.69, 9.17) is 10.2 Å². The van der Waals surface area contributed by atoms with Gasteiger partial charge in [0.05, 0.1) is 0 Å². The van der Waals surface area contributed by atoms with Gasteiger partial charge in [0.25, 0.3) is 0 Å². The molecule has 0 spiro atoms. The van der Waals surface area contributed by atoms with Crippen LogP contribution >= 0.6 is 0 Å². The van der Waals surface area contributed by atoms with Gasteiger partial charge >= 0.3 is 5.97 Å². The molecule has 0 aromatic heterocycles. The molecule has 1 aromatic rings. The number of benzene rings is 1. The maximum atomic E-state index is 10.3. The van der Waals surface area contributed by atoms with Crippen LogP contribution in [0.4, 0.5) is 0 Å². The molecule has 0 heterocycles. The molecule has 0 unspecified atom stereocenters. The van der Waals surface area contributed by atoms with E-state index in [1.54, 1.807) is 18.2 Å². The fourth-order valence-electron chi connectivity index (χ4n) is 1.17. The molecule has 2 N–H and O–H groups in total. The van der Waals surface area contributed by atoms with Gasteiger partial charge in [0.2, 0.25) is 0 Å². The van der Waals surface area contributed by atoms with Gasteiger partial charge in [-0.25, -0.2) is 0 Å². The monoisotopic (exact) mass is 180 g/mol. The first-order valence-corrected chi connectivity index (χ1v) is 4.10. The second-order valence-corrected chi connectivity index (χ2v) is 3.00. The number of rotatable bonds is 3. The van der Waals surface area contributed by atoms with Gasteiger partial charge in [0.1, 0.15) is 5.75 Å². The molecule has 0 saturated heterocycles. The van der Waals surface area contributed by atoms with E-state index >= 15 is 0 Å². The standard InChI is InChI=1S/C10H12O3/c1-7-2-4-9(11)6-8(7)3-5-10(12)13/h2,4,6,11H,3,5H2,1H3,(H,12,13). The first-order valence-electron chi connectivity index (χ1n) is 4.10. The lowest BCUT2D eigenvalue weighted by molar-refractivity contribution is -0.136. The van der Waals surface area contributed by atoms with Crippen LogP contribution in [0.2, 0.25) is 0 Å². The minimum absolute atomic E-state index is 0.101. The van der Waals surface area contributed by atoms with Crippen molar-refractivity contribution >= 4 is 5.97 Å². The maximum Gasteiger partial charge on any atom is 0.303 e. The molecule has 3 heteroatoms. The molecule has 70 valence electrons. The number of carboxylic acid groups (broad SMARTS) is 1. The fourth-order valence-corrected chi connectivity index (χ4v) is 1.17. The Hall–Kier alpha value is -1.51. The summed E-state index contributed by atoms with van der Waals surface area (Å²) < 4.78 is 0. The molecule has 0 saturated carbocycles. The summed E-state index contributed by atoms with van der Waals surface area (Å²) >= 11 is 0. The number of phenolic OH excluding ortho intramolecular Hbond substituents is 1. The van der Waals surface area contributed by atoms with Crippen molar-refractivity contribution in [3.8, 4) is 5.75 Å². The molecule has 13 heavy (non-hydrogen) atoms. The average Bonchev–Trinajstić information content (AvgIpc) is 2.06. The number of aliphatic carboxylic acids is 1. The van der Waals surface area contributed by atoms with Gasteiger partial charge in [0.15, 0.2) is 0 Å². The quantitative estimate of drug-likeness (QED) is 0.744. The fraction of sp³-hybridized carbons (Fsp3) is 0.300. The zero-order valence-electron chi connectivity index (χ0n) is 7.45. The van der Waals surface area contributed by atoms with Gasteiger partial charge < -0.3 is 10.2 Å². The smallest absolute Gasteiger partial charge is 0.303 e. The number of hydrogen-bond acceptors (Lipinski definition) is 2. The summed E-state index contributed by atoms with van der Waals surface area (Å²) in [5.74, 6) is -0.631. The summed E-state index contributed by atoms with van der Waals surface area (Å²) in [6.45, 7) is 1.90. The van der Waals surface area contributed by atoms with Crippen molar-refractivity contribution in [3.05, 3.63) is 29.3 Å². The molecule has 0 fully saturated rings. The summed E-state index contributed by atoms with van der Waals surface area (Å²) in [6.07, 6.45) is 0.569. The van der Waals surface area contributed by atoms with Gasteiger partial charge in [-0.1, -0.05) is 6.07 Å². The third-order valence-corrected chi connectivity index (χ3v) is 1.94. The minimum Gasteiger partial charge on any atom is -0.508 e. The van der Waals surface area contributed by atoms with E-state index in [1.165, 1.54) is 0 Å². The highest BCUT2D eigenvalue weighted by Crippen LogP contribution is 2.17. The molecule has 0 aliphatic heterocycles. The zero-order chi connectivity index (χ0) is 9.84. The molecular weight excluding hydrogens is 168 g/mol. The van der Waals surface area contributed by atoms with Crippen molar-refractivity contribution in [2.24, 2.45) is 0 Å². The highest BCUT2D eigenvalue weighted by Gasteiger charge is 2.02. The Bertz CT molecular complexity index is 318. The highest BCUT2D eigenvalue weighted by atomic mass is 16.4. The van der Waals surface area contributed by atoms with Gasteiger partial charge in [-0.2, -0.15) is 0 Å². The van der Waals surface area contributed by atoms with Crippen LogP contribution in [0.25, 0.3) is 0 Å². The van der Waals surface area contributed by atoms with Gasteiger partial charge in [-0.05, 0) is 36.6 Å². The van der Waals surface area contributed by atoms with Crippen molar-refractivity contribution < 1.29 is 15.0 Å². The van der Waals surface area contributed by atoms with Crippen molar-refractivity contribution in [1.82, 2.24) is 0 Å². The first kappa shape index (κ1) is 9.58. The molecule has 0 atom stereocenters. The zero-order valence-corrected chi connectivity index (χ0v) is 7.45. The van der Waals surface area contributed by atoms with E-state index < -0.39 is 5.97 Å². The first-order chi connectivity index (χ1) is 6.09. The van der Waals surface area contributed by atoms with Crippen LogP contribution < -0.4 is 0 Å². The highest BCUT2D eigenvalue weighted by molar-refractivity contribution is 5.67. The topological polar surface area (TPSA) is 57.5 Å². The van der Waals surface area contributed by atoms with Crippen molar-refractivity contribution in [2.45, 2.75) is 19.8 Å². The van der Waals surface area contributed by atoms with Gasteiger partial charge in [-0.3, -0.25) is 4.79 Å². The number of carboxylic acids is 1. The van der Waals surface area contributed by atoms with Crippen LogP contribution in [0.15, 0.2) is 18.2 Å². The molecule has 1 aromatic carbocycles. The van der Waals surface area contributed by atoms with Crippen LogP contribution in [0.3, 0.4) is 0 Å². The van der Waals surface area contributed by atoms with E-state index in [0.717, 1.165) is 11.1 Å². The normalized spacial score (nSPS) is 9.92. The third-order valence-electron chi connectivity index (χ3n) is 1.94. The second-order valence-electron chi connectivity index (χ2n) is 3.00. The summed E-state index contributed by atoms with van der Waals surface area (Å²) in [7, 11) is 0. The summed E-state index contributed by atoms with van der Waals surface area (Å²) in [4.78, 5) is 10.3. The van der Waals surface area contributed by atoms with Crippen LogP contribution in [-0.4, -0.2) is 16.2 Å². The number of aryl methyl sites for hydroxylation is 2. The Kier molecular flexibility index (Phi) is 2.90. The van der Waals surface area contributed by atoms with E-state index in [1.807, 2.05) is 6.92 Å². The molecular formula is C10H12O3. The Labute approximate surface area is 76.6 Å². The third kappa shape index (κ3) is 2.78. The van der Waals surface area contributed by atoms with E-state index in [-0.39, 0.29) is 12.2 Å². The van der Waals surface area contributed by atoms with E-state index in [0.29, 0.717) is 6.42 Å². The molecule has 0 bridgehead atoms. The number of aromatic hydroxyl groups is 1. The Morgan fingerprint density at radius 2 is 2.15 bits per heavy atom.